The van der Waals surface area contributed by atoms with Crippen LogP contribution in [0.1, 0.15) is 71.4 Å². The summed E-state index contributed by atoms with van der Waals surface area (Å²) in [5.74, 6) is -4.80. The summed E-state index contributed by atoms with van der Waals surface area (Å²) in [5, 5.41) is 18.1. The van der Waals surface area contributed by atoms with Crippen LogP contribution in [0, 0.1) is 5.82 Å². The standard InChI is InChI=1S/C39H41FN4O10S/c1-6-53-37(49)31(46)19-30(45)25-9-7-8-22(16-25)20-42-38(50)39(2,3)43-33(47)21-44(55(5,51)52)29-18-32-28(17-27(29)23-10-11-23)34(36(48)41-4)35(54-32)24-12-14-26(40)15-13-24/h7-9,12-19,23,46H,6,10-11,20-21H2,1-5H3,(H,41,48)(H,42,50)(H,43,47)/b31-19-. The number of benzene rings is 3. The van der Waals surface area contributed by atoms with Crippen LogP contribution in [0.5, 0.6) is 0 Å². The number of hydrogen-bond donors (Lipinski definition) is 4. The fourth-order valence-electron chi connectivity index (χ4n) is 5.91. The van der Waals surface area contributed by atoms with Crippen molar-refractivity contribution in [2.45, 2.75) is 51.6 Å². The number of hydrogen-bond acceptors (Lipinski definition) is 10. The lowest BCUT2D eigenvalue weighted by Crippen LogP contribution is -2.56. The molecule has 0 atom stereocenters. The predicted octanol–water partition coefficient (Wildman–Crippen LogP) is 4.64. The van der Waals surface area contributed by atoms with Crippen LogP contribution in [0.2, 0.25) is 0 Å². The van der Waals surface area contributed by atoms with Gasteiger partial charge in [-0.3, -0.25) is 23.5 Å². The second-order valence-electron chi connectivity index (χ2n) is 13.5. The first-order chi connectivity index (χ1) is 25.9. The minimum absolute atomic E-state index is 0.0141. The monoisotopic (exact) mass is 776 g/mol. The third-order valence-electron chi connectivity index (χ3n) is 8.81. The van der Waals surface area contributed by atoms with Gasteiger partial charge in [0.1, 0.15) is 29.2 Å². The first-order valence-electron chi connectivity index (χ1n) is 17.3. The molecule has 0 radical (unpaired) electrons. The number of carbonyl (C=O) groups excluding carboxylic acids is 5. The number of sulfonamides is 1. The number of amides is 3. The number of nitrogens with one attached hydrogen (secondary N) is 3. The first-order valence-corrected chi connectivity index (χ1v) is 19.1. The highest BCUT2D eigenvalue weighted by Gasteiger charge is 2.36. The Kier molecular flexibility index (Phi) is 11.8. The van der Waals surface area contributed by atoms with E-state index in [1.807, 2.05) is 0 Å². The number of nitrogens with zero attached hydrogens (tertiary/aromatic N) is 1. The molecule has 1 aliphatic rings. The third kappa shape index (κ3) is 9.38. The average molecular weight is 777 g/mol. The second-order valence-corrected chi connectivity index (χ2v) is 15.4. The first kappa shape index (κ1) is 40.2. The molecule has 4 aromatic rings. The molecule has 5 rings (SSSR count). The van der Waals surface area contributed by atoms with Gasteiger partial charge < -0.3 is 30.2 Å². The number of furan rings is 1. The van der Waals surface area contributed by atoms with Gasteiger partial charge in [-0.2, -0.15) is 0 Å². The fourth-order valence-corrected chi connectivity index (χ4v) is 6.77. The van der Waals surface area contributed by atoms with Gasteiger partial charge in [0.15, 0.2) is 5.78 Å². The van der Waals surface area contributed by atoms with Crippen molar-refractivity contribution in [2.75, 3.05) is 30.8 Å². The van der Waals surface area contributed by atoms with Gasteiger partial charge >= 0.3 is 5.97 Å². The molecule has 1 aliphatic carbocycles. The van der Waals surface area contributed by atoms with E-state index in [-0.39, 0.29) is 47.2 Å². The molecule has 1 saturated carbocycles. The van der Waals surface area contributed by atoms with Crippen LogP contribution in [-0.4, -0.2) is 75.0 Å². The van der Waals surface area contributed by atoms with E-state index in [1.54, 1.807) is 25.1 Å². The lowest BCUT2D eigenvalue weighted by molar-refractivity contribution is -0.141. The quantitative estimate of drug-likeness (QED) is 0.0571. The molecule has 4 N–H and O–H groups in total. The molecule has 55 heavy (non-hydrogen) atoms. The number of carbonyl (C=O) groups is 5. The maximum atomic E-state index is 13.7. The predicted molar refractivity (Wildman–Crippen MR) is 201 cm³/mol. The van der Waals surface area contributed by atoms with Gasteiger partial charge in [0.2, 0.25) is 27.6 Å². The summed E-state index contributed by atoms with van der Waals surface area (Å²) >= 11 is 0. The second kappa shape index (κ2) is 16.1. The summed E-state index contributed by atoms with van der Waals surface area (Å²) in [5.41, 5.74) is 0.654. The normalized spacial score (nSPS) is 13.2. The molecule has 1 aromatic heterocycles. The van der Waals surface area contributed by atoms with Crippen molar-refractivity contribution in [1.29, 1.82) is 0 Å². The number of anilines is 1. The van der Waals surface area contributed by atoms with Crippen LogP contribution in [-0.2, 0) is 35.7 Å². The Balaban J connectivity index is 1.36. The molecule has 0 aliphatic heterocycles. The van der Waals surface area contributed by atoms with E-state index in [0.717, 1.165) is 29.5 Å². The maximum absolute atomic E-state index is 13.7. The summed E-state index contributed by atoms with van der Waals surface area (Å²) in [7, 11) is -2.64. The molecule has 0 bridgehead atoms. The van der Waals surface area contributed by atoms with Crippen LogP contribution >= 0.6 is 0 Å². The Morgan fingerprint density at radius 1 is 1.05 bits per heavy atom. The van der Waals surface area contributed by atoms with Crippen LogP contribution in [0.15, 0.2) is 76.9 Å². The number of esters is 1. The topological polar surface area (TPSA) is 201 Å². The molecule has 3 aromatic carbocycles. The van der Waals surface area contributed by atoms with Gasteiger partial charge in [-0.1, -0.05) is 18.2 Å². The minimum Gasteiger partial charge on any atom is -0.502 e. The number of ketones is 1. The van der Waals surface area contributed by atoms with E-state index in [2.05, 4.69) is 20.7 Å². The molecule has 0 unspecified atom stereocenters. The molecule has 290 valence electrons. The molecule has 14 nitrogen and oxygen atoms in total. The largest absolute Gasteiger partial charge is 0.502 e. The molecule has 0 saturated heterocycles. The molecule has 16 heteroatoms. The van der Waals surface area contributed by atoms with E-state index >= 15 is 0 Å². The van der Waals surface area contributed by atoms with Crippen LogP contribution < -0.4 is 20.3 Å². The number of aliphatic hydroxyl groups excluding tert-OH is 1. The number of allylic oxidation sites excluding steroid dienone is 1. The molecule has 0 spiro atoms. The van der Waals surface area contributed by atoms with E-state index in [4.69, 9.17) is 4.42 Å². The van der Waals surface area contributed by atoms with Crippen LogP contribution in [0.25, 0.3) is 22.3 Å². The molecule has 1 heterocycles. The summed E-state index contributed by atoms with van der Waals surface area (Å²) in [6.45, 7) is 3.69. The Labute approximate surface area is 316 Å². The van der Waals surface area contributed by atoms with Gasteiger partial charge in [-0.15, -0.1) is 0 Å². The summed E-state index contributed by atoms with van der Waals surface area (Å²) in [4.78, 5) is 64.2. The van der Waals surface area contributed by atoms with E-state index in [1.165, 1.54) is 63.4 Å². The average Bonchev–Trinajstić information content (AvgIpc) is 3.92. The highest BCUT2D eigenvalue weighted by Crippen LogP contribution is 2.48. The maximum Gasteiger partial charge on any atom is 0.373 e. The molecular weight excluding hydrogens is 736 g/mol. The van der Waals surface area contributed by atoms with Crippen LogP contribution in [0.3, 0.4) is 0 Å². The SMILES string of the molecule is CCOC(=O)/C(O)=C/C(=O)c1cccc(CNC(=O)C(C)(C)NC(=O)CN(c2cc3oc(-c4ccc(F)cc4)c(C(=O)NC)c3cc2C2CC2)S(C)(=O)=O)c1. The molecular formula is C39H41FN4O10S. The summed E-state index contributed by atoms with van der Waals surface area (Å²) in [6.07, 6.45) is 3.18. The fraction of sp³-hybridized carbons (Fsp3) is 0.308. The van der Waals surface area contributed by atoms with Gasteiger partial charge in [-0.05, 0) is 87.1 Å². The Morgan fingerprint density at radius 2 is 1.75 bits per heavy atom. The van der Waals surface area contributed by atoms with Crippen molar-refractivity contribution in [3.05, 3.63) is 101 Å². The van der Waals surface area contributed by atoms with E-state index < -0.39 is 63.2 Å². The van der Waals surface area contributed by atoms with Gasteiger partial charge in [0.05, 0.1) is 24.1 Å². The van der Waals surface area contributed by atoms with E-state index in [0.29, 0.717) is 22.1 Å². The smallest absolute Gasteiger partial charge is 0.373 e. The molecule has 3 amide bonds. The number of ether oxygens (including phenoxy) is 1. The highest BCUT2D eigenvalue weighted by atomic mass is 32.2. The van der Waals surface area contributed by atoms with Crippen molar-refractivity contribution >= 4 is 56.2 Å². The Bertz CT molecular complexity index is 2310. The van der Waals surface area contributed by atoms with Crippen molar-refractivity contribution in [1.82, 2.24) is 16.0 Å². The summed E-state index contributed by atoms with van der Waals surface area (Å²) < 4.78 is 52.1. The third-order valence-corrected chi connectivity index (χ3v) is 9.93. The summed E-state index contributed by atoms with van der Waals surface area (Å²) in [6, 6.07) is 14.7. The zero-order valence-corrected chi connectivity index (χ0v) is 31.6. The highest BCUT2D eigenvalue weighted by molar-refractivity contribution is 7.92. The lowest BCUT2D eigenvalue weighted by Gasteiger charge is -2.29. The van der Waals surface area contributed by atoms with Gasteiger partial charge in [-0.25, -0.2) is 17.6 Å². The zero-order chi connectivity index (χ0) is 40.2. The zero-order valence-electron chi connectivity index (χ0n) is 30.8. The Morgan fingerprint density at radius 3 is 2.36 bits per heavy atom. The number of aliphatic hydroxyl groups is 1. The number of rotatable bonds is 15. The van der Waals surface area contributed by atoms with Crippen molar-refractivity contribution in [2.24, 2.45) is 0 Å². The van der Waals surface area contributed by atoms with Crippen LogP contribution in [0.4, 0.5) is 10.1 Å². The minimum atomic E-state index is -4.10. The van der Waals surface area contributed by atoms with Gasteiger partial charge in [0, 0.05) is 42.2 Å². The van der Waals surface area contributed by atoms with Crippen molar-refractivity contribution in [3.8, 4) is 11.3 Å². The molecule has 1 fully saturated rings. The lowest BCUT2D eigenvalue weighted by atomic mass is 10.0. The van der Waals surface area contributed by atoms with E-state index in [9.17, 15) is 41.9 Å². The number of fused-ring (bicyclic) bond motifs is 1. The van der Waals surface area contributed by atoms with Crippen molar-refractivity contribution < 1.29 is 51.0 Å². The van der Waals surface area contributed by atoms with Gasteiger partial charge in [0.25, 0.3) is 5.91 Å². The number of halogens is 1. The van der Waals surface area contributed by atoms with Crippen molar-refractivity contribution in [3.63, 3.8) is 0 Å². The Hall–Kier alpha value is -6.03.